The number of nitrogens with one attached hydrogen (secondary N) is 1. The first-order valence-corrected chi connectivity index (χ1v) is 6.77. The van der Waals surface area contributed by atoms with Gasteiger partial charge >= 0.3 is 6.18 Å². The molecule has 1 aromatic carbocycles. The predicted molar refractivity (Wildman–Crippen MR) is 82.8 cm³/mol. The van der Waals surface area contributed by atoms with Gasteiger partial charge < -0.3 is 4.90 Å². The summed E-state index contributed by atoms with van der Waals surface area (Å²) in [6, 6.07) is 4.16. The zero-order valence-electron chi connectivity index (χ0n) is 12.4. The standard InChI is InChI=1S/C12H11F3N6O2S/c1-19(2)8-4-3-7(5-9(8)21(22)23)6-16-20-10(12(13,14)15)17-18-11(20)24/h3-6H,1-2H3,(H,18,24)/b16-6-. The van der Waals surface area contributed by atoms with E-state index in [2.05, 4.69) is 10.2 Å². The lowest BCUT2D eigenvalue weighted by atomic mass is 10.2. The van der Waals surface area contributed by atoms with E-state index < -0.39 is 16.9 Å². The van der Waals surface area contributed by atoms with Crippen molar-refractivity contribution in [2.75, 3.05) is 19.0 Å². The maximum absolute atomic E-state index is 12.8. The van der Waals surface area contributed by atoms with Crippen LogP contribution in [0.2, 0.25) is 0 Å². The summed E-state index contributed by atoms with van der Waals surface area (Å²) < 4.78 is 38.4. The van der Waals surface area contributed by atoms with Gasteiger partial charge in [-0.25, -0.2) is 5.10 Å². The van der Waals surface area contributed by atoms with Gasteiger partial charge in [-0.3, -0.25) is 10.1 Å². The van der Waals surface area contributed by atoms with Crippen LogP contribution in [0.1, 0.15) is 11.4 Å². The lowest BCUT2D eigenvalue weighted by molar-refractivity contribution is -0.384. The van der Waals surface area contributed by atoms with Crippen molar-refractivity contribution in [1.82, 2.24) is 14.9 Å². The Morgan fingerprint density at radius 1 is 1.46 bits per heavy atom. The smallest absolute Gasteiger partial charge is 0.372 e. The van der Waals surface area contributed by atoms with Crippen LogP contribution in [0.4, 0.5) is 24.5 Å². The number of nitro groups is 1. The van der Waals surface area contributed by atoms with Crippen molar-refractivity contribution in [3.8, 4) is 0 Å². The molecule has 0 aliphatic heterocycles. The van der Waals surface area contributed by atoms with Crippen LogP contribution >= 0.6 is 12.2 Å². The first-order chi connectivity index (χ1) is 11.1. The molecule has 0 spiro atoms. The number of aromatic amines is 1. The van der Waals surface area contributed by atoms with Gasteiger partial charge in [-0.15, -0.1) is 5.10 Å². The number of alkyl halides is 3. The Labute approximate surface area is 138 Å². The molecular formula is C12H11F3N6O2S. The molecule has 0 atom stereocenters. The monoisotopic (exact) mass is 360 g/mol. The van der Waals surface area contributed by atoms with Crippen LogP contribution in [0, 0.1) is 14.9 Å². The molecule has 0 bridgehead atoms. The summed E-state index contributed by atoms with van der Waals surface area (Å²) in [7, 11) is 3.27. The Balaban J connectivity index is 2.44. The van der Waals surface area contributed by atoms with E-state index in [1.54, 1.807) is 19.0 Å². The Morgan fingerprint density at radius 2 is 2.12 bits per heavy atom. The minimum atomic E-state index is -4.74. The first-order valence-electron chi connectivity index (χ1n) is 6.36. The van der Waals surface area contributed by atoms with Crippen molar-refractivity contribution in [2.45, 2.75) is 6.18 Å². The molecule has 128 valence electrons. The largest absolute Gasteiger partial charge is 0.453 e. The molecule has 1 aromatic heterocycles. The molecule has 0 aliphatic rings. The fourth-order valence-electron chi connectivity index (χ4n) is 1.85. The van der Waals surface area contributed by atoms with E-state index >= 15 is 0 Å². The molecule has 0 saturated heterocycles. The molecular weight excluding hydrogens is 349 g/mol. The second-order valence-electron chi connectivity index (χ2n) is 4.81. The summed E-state index contributed by atoms with van der Waals surface area (Å²) in [5.41, 5.74) is 0.396. The van der Waals surface area contributed by atoms with E-state index in [0.29, 0.717) is 10.4 Å². The molecule has 0 amide bonds. The van der Waals surface area contributed by atoms with Crippen molar-refractivity contribution < 1.29 is 18.1 Å². The van der Waals surface area contributed by atoms with Crippen LogP contribution in [-0.4, -0.2) is 40.1 Å². The molecule has 12 heteroatoms. The summed E-state index contributed by atoms with van der Waals surface area (Å²) in [5, 5.41) is 19.8. The number of halogens is 3. The van der Waals surface area contributed by atoms with Gasteiger partial charge in [0, 0.05) is 25.7 Å². The predicted octanol–water partition coefficient (Wildman–Crippen LogP) is 2.82. The molecule has 1 N–H and O–H groups in total. The fraction of sp³-hybridized carbons (Fsp3) is 0.250. The number of anilines is 1. The van der Waals surface area contributed by atoms with Crippen molar-refractivity contribution in [3.05, 3.63) is 44.5 Å². The van der Waals surface area contributed by atoms with E-state index in [0.717, 1.165) is 6.21 Å². The second-order valence-corrected chi connectivity index (χ2v) is 5.19. The van der Waals surface area contributed by atoms with Crippen molar-refractivity contribution in [3.63, 3.8) is 0 Å². The van der Waals surface area contributed by atoms with Crippen LogP contribution in [0.5, 0.6) is 0 Å². The lowest BCUT2D eigenvalue weighted by Gasteiger charge is -2.12. The van der Waals surface area contributed by atoms with Crippen LogP contribution < -0.4 is 4.90 Å². The van der Waals surface area contributed by atoms with Gasteiger partial charge in [-0.2, -0.15) is 22.9 Å². The molecule has 24 heavy (non-hydrogen) atoms. The third kappa shape index (κ3) is 3.59. The van der Waals surface area contributed by atoms with Crippen LogP contribution in [-0.2, 0) is 6.18 Å². The molecule has 1 heterocycles. The molecule has 0 fully saturated rings. The molecule has 0 aliphatic carbocycles. The average Bonchev–Trinajstić information content (AvgIpc) is 2.85. The molecule has 8 nitrogen and oxygen atoms in total. The highest BCUT2D eigenvalue weighted by molar-refractivity contribution is 7.71. The quantitative estimate of drug-likeness (QED) is 0.392. The van der Waals surface area contributed by atoms with E-state index in [9.17, 15) is 23.3 Å². The zero-order valence-corrected chi connectivity index (χ0v) is 13.2. The first kappa shape index (κ1) is 17.6. The molecule has 2 rings (SSSR count). The minimum absolute atomic E-state index is 0.198. The van der Waals surface area contributed by atoms with Crippen molar-refractivity contribution in [1.29, 1.82) is 0 Å². The number of rotatable bonds is 4. The summed E-state index contributed by atoms with van der Waals surface area (Å²) in [6.45, 7) is 0. The van der Waals surface area contributed by atoms with Gasteiger partial charge in [0.15, 0.2) is 0 Å². The maximum atomic E-state index is 12.8. The Hall–Kier alpha value is -2.76. The number of aromatic nitrogens is 3. The van der Waals surface area contributed by atoms with Crippen LogP contribution in [0.15, 0.2) is 23.3 Å². The Bertz CT molecular complexity index is 855. The number of nitro benzene ring substituents is 1. The van der Waals surface area contributed by atoms with Gasteiger partial charge in [-0.05, 0) is 18.3 Å². The SMILES string of the molecule is CN(C)c1ccc(/C=N\n2c(C(F)(F)F)n[nH]c2=S)cc1[N+](=O)[O-]. The van der Waals surface area contributed by atoms with E-state index in [4.69, 9.17) is 12.2 Å². The van der Waals surface area contributed by atoms with E-state index in [-0.39, 0.29) is 16.0 Å². The highest BCUT2D eigenvalue weighted by atomic mass is 32.1. The number of nitrogens with zero attached hydrogens (tertiary/aromatic N) is 5. The topological polar surface area (TPSA) is 92.3 Å². The average molecular weight is 360 g/mol. The highest BCUT2D eigenvalue weighted by Gasteiger charge is 2.37. The van der Waals surface area contributed by atoms with Crippen molar-refractivity contribution in [2.24, 2.45) is 5.10 Å². The fourth-order valence-corrected chi connectivity index (χ4v) is 2.03. The van der Waals surface area contributed by atoms with Gasteiger partial charge in [0.25, 0.3) is 11.5 Å². The zero-order chi connectivity index (χ0) is 18.1. The number of benzene rings is 1. The van der Waals surface area contributed by atoms with Crippen LogP contribution in [0.3, 0.4) is 0 Å². The Morgan fingerprint density at radius 3 is 2.67 bits per heavy atom. The van der Waals surface area contributed by atoms with Gasteiger partial charge in [0.05, 0.1) is 11.1 Å². The molecule has 2 aromatic rings. The third-order valence-corrected chi connectivity index (χ3v) is 3.17. The number of H-pyrrole nitrogens is 1. The minimum Gasteiger partial charge on any atom is -0.372 e. The summed E-state index contributed by atoms with van der Waals surface area (Å²) in [6.07, 6.45) is -3.71. The van der Waals surface area contributed by atoms with Gasteiger partial charge in [0.1, 0.15) is 5.69 Å². The van der Waals surface area contributed by atoms with Crippen LogP contribution in [0.25, 0.3) is 0 Å². The summed E-state index contributed by atoms with van der Waals surface area (Å²) >= 11 is 4.70. The highest BCUT2D eigenvalue weighted by Crippen LogP contribution is 2.28. The summed E-state index contributed by atoms with van der Waals surface area (Å²) in [4.78, 5) is 12.1. The van der Waals surface area contributed by atoms with Gasteiger partial charge in [-0.1, -0.05) is 6.07 Å². The van der Waals surface area contributed by atoms with Gasteiger partial charge in [0.2, 0.25) is 4.77 Å². The third-order valence-electron chi connectivity index (χ3n) is 2.90. The van der Waals surface area contributed by atoms with E-state index in [1.165, 1.54) is 18.2 Å². The number of hydrogen-bond donors (Lipinski definition) is 1. The van der Waals surface area contributed by atoms with Crippen molar-refractivity contribution >= 4 is 29.8 Å². The number of hydrogen-bond acceptors (Lipinski definition) is 6. The molecule has 0 unspecified atom stereocenters. The summed E-state index contributed by atoms with van der Waals surface area (Å²) in [5.74, 6) is -1.32. The second kappa shape index (κ2) is 6.39. The lowest BCUT2D eigenvalue weighted by Crippen LogP contribution is -2.13. The van der Waals surface area contributed by atoms with E-state index in [1.807, 2.05) is 5.10 Å². The molecule has 0 radical (unpaired) electrons. The molecule has 0 saturated carbocycles. The Kier molecular flexibility index (Phi) is 4.68. The normalized spacial score (nSPS) is 11.9. The maximum Gasteiger partial charge on any atom is 0.453 e.